The van der Waals surface area contributed by atoms with Crippen molar-refractivity contribution in [1.29, 1.82) is 0 Å². The first kappa shape index (κ1) is 16.5. The maximum Gasteiger partial charge on any atom is 0.195 e. The molecule has 0 fully saturated rings. The Bertz CT molecular complexity index is 819. The lowest BCUT2D eigenvalue weighted by Gasteiger charge is -2.06. The van der Waals surface area contributed by atoms with E-state index in [4.69, 9.17) is 16.3 Å². The lowest BCUT2D eigenvalue weighted by atomic mass is 10.2. The third-order valence-corrected chi connectivity index (χ3v) is 4.53. The summed E-state index contributed by atoms with van der Waals surface area (Å²) in [4.78, 5) is 12.7. The van der Waals surface area contributed by atoms with E-state index < -0.39 is 0 Å². The molecule has 1 heterocycles. The number of benzene rings is 2. The second-order valence-electron chi connectivity index (χ2n) is 5.16. The van der Waals surface area contributed by atoms with Crippen molar-refractivity contribution in [2.75, 3.05) is 0 Å². The molecule has 0 saturated heterocycles. The average Bonchev–Trinajstić information content (AvgIpc) is 3.15. The van der Waals surface area contributed by atoms with Gasteiger partial charge in [-0.05, 0) is 52.9 Å². The highest BCUT2D eigenvalue weighted by Gasteiger charge is 2.01. The highest BCUT2D eigenvalue weighted by atomic mass is 35.5. The van der Waals surface area contributed by atoms with Gasteiger partial charge in [-0.1, -0.05) is 48.0 Å². The molecule has 0 spiro atoms. The number of thiophene rings is 1. The Morgan fingerprint density at radius 3 is 2.46 bits per heavy atom. The molecule has 0 bridgehead atoms. The minimum absolute atomic E-state index is 0.0214. The molecule has 3 aromatic rings. The largest absolute Gasteiger partial charge is 0.489 e. The first-order chi connectivity index (χ1) is 11.7. The Morgan fingerprint density at radius 2 is 1.79 bits per heavy atom. The normalized spacial score (nSPS) is 10.9. The van der Waals surface area contributed by atoms with Crippen LogP contribution in [0.2, 0.25) is 5.02 Å². The van der Waals surface area contributed by atoms with Crippen LogP contribution in [0.4, 0.5) is 0 Å². The Balaban J connectivity index is 1.57. The number of hydrogen-bond donors (Lipinski definition) is 0. The van der Waals surface area contributed by atoms with E-state index in [1.165, 1.54) is 11.3 Å². The van der Waals surface area contributed by atoms with Gasteiger partial charge < -0.3 is 4.74 Å². The topological polar surface area (TPSA) is 26.3 Å². The van der Waals surface area contributed by atoms with E-state index in [9.17, 15) is 4.79 Å². The van der Waals surface area contributed by atoms with E-state index in [1.807, 2.05) is 72.1 Å². The van der Waals surface area contributed by atoms with Gasteiger partial charge in [0, 0.05) is 5.02 Å². The zero-order valence-electron chi connectivity index (χ0n) is 12.8. The lowest BCUT2D eigenvalue weighted by molar-refractivity contribution is 0.105. The zero-order valence-corrected chi connectivity index (χ0v) is 14.4. The van der Waals surface area contributed by atoms with Gasteiger partial charge in [0.25, 0.3) is 0 Å². The molecule has 0 aliphatic heterocycles. The number of rotatable bonds is 6. The molecule has 0 saturated carbocycles. The van der Waals surface area contributed by atoms with E-state index in [1.54, 1.807) is 6.08 Å². The number of carbonyl (C=O) groups excluding carboxylic acids is 1. The van der Waals surface area contributed by atoms with Crippen molar-refractivity contribution in [1.82, 2.24) is 0 Å². The van der Waals surface area contributed by atoms with E-state index in [2.05, 4.69) is 0 Å². The van der Waals surface area contributed by atoms with E-state index in [0.29, 0.717) is 11.6 Å². The smallest absolute Gasteiger partial charge is 0.195 e. The molecule has 0 unspecified atom stereocenters. The lowest BCUT2D eigenvalue weighted by Crippen LogP contribution is -1.95. The molecule has 3 rings (SSSR count). The number of ketones is 1. The van der Waals surface area contributed by atoms with Crippen LogP contribution in [0.3, 0.4) is 0 Å². The molecule has 2 aromatic carbocycles. The summed E-state index contributed by atoms with van der Waals surface area (Å²) in [6, 6.07) is 18.9. The molecule has 0 aliphatic carbocycles. The highest BCUT2D eigenvalue weighted by molar-refractivity contribution is 7.12. The first-order valence-electron chi connectivity index (χ1n) is 7.44. The fourth-order valence-corrected chi connectivity index (χ4v) is 2.87. The molecular weight excluding hydrogens is 340 g/mol. The minimum atomic E-state index is 0.0214. The predicted molar refractivity (Wildman–Crippen MR) is 99.9 cm³/mol. The van der Waals surface area contributed by atoms with Gasteiger partial charge in [-0.15, -0.1) is 11.3 Å². The van der Waals surface area contributed by atoms with Crippen molar-refractivity contribution in [2.24, 2.45) is 0 Å². The van der Waals surface area contributed by atoms with Crippen LogP contribution in [0, 0.1) is 0 Å². The summed E-state index contributed by atoms with van der Waals surface area (Å²) in [6.07, 6.45) is 3.40. The minimum Gasteiger partial charge on any atom is -0.489 e. The van der Waals surface area contributed by atoms with Gasteiger partial charge in [0.2, 0.25) is 0 Å². The van der Waals surface area contributed by atoms with Gasteiger partial charge in [0.05, 0.1) is 4.88 Å². The third-order valence-electron chi connectivity index (χ3n) is 3.39. The van der Waals surface area contributed by atoms with Crippen LogP contribution in [-0.2, 0) is 6.61 Å². The van der Waals surface area contributed by atoms with Crippen molar-refractivity contribution in [3.63, 3.8) is 0 Å². The number of carbonyl (C=O) groups is 1. The average molecular weight is 355 g/mol. The van der Waals surface area contributed by atoms with Crippen molar-refractivity contribution < 1.29 is 9.53 Å². The third kappa shape index (κ3) is 4.57. The second-order valence-corrected chi connectivity index (χ2v) is 6.54. The van der Waals surface area contributed by atoms with Crippen LogP contribution in [0.1, 0.15) is 20.8 Å². The summed E-state index contributed by atoms with van der Waals surface area (Å²) in [5, 5.41) is 2.61. The quantitative estimate of drug-likeness (QED) is 0.408. The van der Waals surface area contributed by atoms with Crippen molar-refractivity contribution >= 4 is 34.8 Å². The summed E-state index contributed by atoms with van der Waals surface area (Å²) in [7, 11) is 0. The SMILES string of the molecule is O=C(C=Cc1ccc(OCc2ccc(Cl)cc2)cc1)c1cccs1. The molecule has 120 valence electrons. The van der Waals surface area contributed by atoms with E-state index in [0.717, 1.165) is 21.8 Å². The summed E-state index contributed by atoms with van der Waals surface area (Å²) < 4.78 is 5.74. The van der Waals surface area contributed by atoms with E-state index in [-0.39, 0.29) is 5.78 Å². The molecule has 0 amide bonds. The Labute approximate surface area is 150 Å². The molecule has 24 heavy (non-hydrogen) atoms. The van der Waals surface area contributed by atoms with Gasteiger partial charge in [-0.25, -0.2) is 0 Å². The van der Waals surface area contributed by atoms with Gasteiger partial charge in [0.1, 0.15) is 12.4 Å². The van der Waals surface area contributed by atoms with Crippen LogP contribution in [0.5, 0.6) is 5.75 Å². The van der Waals surface area contributed by atoms with Crippen molar-refractivity contribution in [3.8, 4) is 5.75 Å². The van der Waals surface area contributed by atoms with Crippen LogP contribution in [0.25, 0.3) is 6.08 Å². The zero-order chi connectivity index (χ0) is 16.8. The van der Waals surface area contributed by atoms with Crippen LogP contribution >= 0.6 is 22.9 Å². The molecular formula is C20H15ClO2S. The summed E-state index contributed by atoms with van der Waals surface area (Å²) in [5.41, 5.74) is 2.02. The number of halogens is 1. The monoisotopic (exact) mass is 354 g/mol. The molecule has 0 aliphatic rings. The van der Waals surface area contributed by atoms with E-state index >= 15 is 0 Å². The van der Waals surface area contributed by atoms with Gasteiger partial charge in [-0.3, -0.25) is 4.79 Å². The molecule has 0 N–H and O–H groups in total. The second kappa shape index (κ2) is 7.95. The van der Waals surface area contributed by atoms with Gasteiger partial charge in [0.15, 0.2) is 5.78 Å². The summed E-state index contributed by atoms with van der Waals surface area (Å²) in [5.74, 6) is 0.805. The number of hydrogen-bond acceptors (Lipinski definition) is 3. The molecule has 1 aromatic heterocycles. The predicted octanol–water partition coefficient (Wildman–Crippen LogP) is 5.88. The highest BCUT2D eigenvalue weighted by Crippen LogP contribution is 2.17. The Kier molecular flexibility index (Phi) is 5.47. The molecule has 4 heteroatoms. The van der Waals surface area contributed by atoms with Crippen LogP contribution in [0.15, 0.2) is 72.1 Å². The molecule has 2 nitrogen and oxygen atoms in total. The first-order valence-corrected chi connectivity index (χ1v) is 8.70. The molecule has 0 atom stereocenters. The summed E-state index contributed by atoms with van der Waals surface area (Å²) in [6.45, 7) is 0.489. The maximum absolute atomic E-state index is 11.9. The summed E-state index contributed by atoms with van der Waals surface area (Å²) >= 11 is 7.31. The fourth-order valence-electron chi connectivity index (χ4n) is 2.10. The van der Waals surface area contributed by atoms with Crippen molar-refractivity contribution in [3.05, 3.63) is 93.1 Å². The number of ether oxygens (including phenoxy) is 1. The maximum atomic E-state index is 11.9. The standard InChI is InChI=1S/C20H15ClO2S/c21-17-8-3-16(4-9-17)14-23-18-10-5-15(6-11-18)7-12-19(22)20-2-1-13-24-20/h1-13H,14H2. The van der Waals surface area contributed by atoms with Crippen LogP contribution in [-0.4, -0.2) is 5.78 Å². The van der Waals surface area contributed by atoms with Gasteiger partial charge in [-0.2, -0.15) is 0 Å². The van der Waals surface area contributed by atoms with Crippen molar-refractivity contribution in [2.45, 2.75) is 6.61 Å². The van der Waals surface area contributed by atoms with Gasteiger partial charge >= 0.3 is 0 Å². The Hall–Kier alpha value is -2.36. The Morgan fingerprint density at radius 1 is 1.04 bits per heavy atom. The number of allylic oxidation sites excluding steroid dienone is 1. The molecule has 0 radical (unpaired) electrons. The fraction of sp³-hybridized carbons (Fsp3) is 0.0500. The van der Waals surface area contributed by atoms with Crippen LogP contribution < -0.4 is 4.74 Å².